The van der Waals surface area contributed by atoms with Crippen molar-refractivity contribution in [2.75, 3.05) is 46.6 Å². The lowest BCUT2D eigenvalue weighted by Crippen LogP contribution is -2.48. The molecule has 2 aromatic carbocycles. The molecular weight excluding hydrogens is 542 g/mol. The van der Waals surface area contributed by atoms with Gasteiger partial charge in [0.05, 0.1) is 25.2 Å². The van der Waals surface area contributed by atoms with Crippen molar-refractivity contribution < 1.29 is 32.5 Å². The monoisotopic (exact) mass is 585 g/mol. The lowest BCUT2D eigenvalue weighted by Gasteiger charge is -2.29. The molecule has 1 N–H and O–H groups in total. The van der Waals surface area contributed by atoms with Crippen LogP contribution in [0.15, 0.2) is 76.7 Å². The van der Waals surface area contributed by atoms with Gasteiger partial charge in [0.25, 0.3) is 0 Å². The third kappa shape index (κ3) is 8.92. The Balaban J connectivity index is 1.86. The average molecular weight is 586 g/mol. The van der Waals surface area contributed by atoms with Crippen LogP contribution in [0.1, 0.15) is 45.6 Å². The predicted octanol–water partition coefficient (Wildman–Crippen LogP) is 5.33. The number of methoxy groups -OCH3 is 1. The van der Waals surface area contributed by atoms with E-state index in [0.717, 1.165) is 51.3 Å². The molecule has 2 aromatic rings. The molecule has 1 unspecified atom stereocenters. The topological polar surface area (TPSA) is 102 Å². The van der Waals surface area contributed by atoms with Crippen LogP contribution in [0, 0.1) is 0 Å². The van der Waals surface area contributed by atoms with Gasteiger partial charge in [-0.05, 0) is 82.0 Å². The highest BCUT2D eigenvalue weighted by atomic mass is 32.2. The van der Waals surface area contributed by atoms with E-state index in [0.29, 0.717) is 23.7 Å². The van der Waals surface area contributed by atoms with Gasteiger partial charge in [0.1, 0.15) is 18.1 Å². The van der Waals surface area contributed by atoms with Crippen LogP contribution >= 0.6 is 0 Å². The average Bonchev–Trinajstić information content (AvgIpc) is 2.96. The number of carboxylic acids is 1. The van der Waals surface area contributed by atoms with E-state index in [-0.39, 0.29) is 17.7 Å². The van der Waals surface area contributed by atoms with E-state index >= 15 is 0 Å². The van der Waals surface area contributed by atoms with Gasteiger partial charge in [-0.25, -0.2) is 8.42 Å². The first-order chi connectivity index (χ1) is 19.6. The number of hydrogen-bond donors (Lipinski definition) is 1. The van der Waals surface area contributed by atoms with Crippen LogP contribution in [-0.2, 0) is 25.8 Å². The van der Waals surface area contributed by atoms with Crippen molar-refractivity contribution in [3.8, 4) is 11.5 Å². The first-order valence-electron chi connectivity index (χ1n) is 14.0. The zero-order chi connectivity index (χ0) is 29.9. The molecule has 1 fully saturated rings. The summed E-state index contributed by atoms with van der Waals surface area (Å²) in [5.74, 6) is -0.243. The molecule has 0 aromatic heterocycles. The van der Waals surface area contributed by atoms with E-state index in [4.69, 9.17) is 14.2 Å². The number of sulfone groups is 1. The standard InChI is InChI=1S/C32H43NO7S/c1-25(2)6-5-7-26(3)16-17-32(31(34)35,41(36,37)30-14-12-28(38-4)13-15-30)24-27-8-10-29(11-9-27)40-23-20-33-18-21-39-22-19-33/h6,8-16H,5,7,17-24H2,1-4H3,(H,34,35). The second-order valence-corrected chi connectivity index (χ2v) is 12.9. The number of carbonyl (C=O) groups is 1. The van der Waals surface area contributed by atoms with Crippen molar-refractivity contribution in [1.82, 2.24) is 4.90 Å². The highest BCUT2D eigenvalue weighted by molar-refractivity contribution is 7.93. The van der Waals surface area contributed by atoms with Crippen LogP contribution in [0.5, 0.6) is 11.5 Å². The molecule has 9 heteroatoms. The largest absolute Gasteiger partial charge is 0.497 e. The normalized spacial score (nSPS) is 16.0. The van der Waals surface area contributed by atoms with Crippen LogP contribution in [-0.4, -0.2) is 75.7 Å². The van der Waals surface area contributed by atoms with E-state index in [2.05, 4.69) is 11.0 Å². The summed E-state index contributed by atoms with van der Waals surface area (Å²) in [6, 6.07) is 12.9. The molecule has 224 valence electrons. The van der Waals surface area contributed by atoms with Gasteiger partial charge in [-0.1, -0.05) is 35.4 Å². The van der Waals surface area contributed by atoms with Crippen molar-refractivity contribution in [2.45, 2.75) is 56.1 Å². The maximum absolute atomic E-state index is 14.1. The number of benzene rings is 2. The van der Waals surface area contributed by atoms with Crippen molar-refractivity contribution in [3.05, 3.63) is 77.4 Å². The Bertz CT molecular complexity index is 1290. The molecule has 8 nitrogen and oxygen atoms in total. The Labute approximate surface area is 244 Å². The molecule has 0 radical (unpaired) electrons. The molecule has 0 spiro atoms. The maximum atomic E-state index is 14.1. The molecule has 0 saturated carbocycles. The molecular formula is C32H43NO7S. The molecule has 1 heterocycles. The summed E-state index contributed by atoms with van der Waals surface area (Å²) < 4.78 is 42.5. The SMILES string of the molecule is COc1ccc(S(=O)(=O)C(CC=C(C)CCC=C(C)C)(Cc2ccc(OCCN3CCOCC3)cc2)C(=O)O)cc1. The zero-order valence-electron chi connectivity index (χ0n) is 24.6. The van der Waals surface area contributed by atoms with Gasteiger partial charge in [0.2, 0.25) is 0 Å². The fraction of sp³-hybridized carbons (Fsp3) is 0.469. The van der Waals surface area contributed by atoms with Crippen molar-refractivity contribution in [3.63, 3.8) is 0 Å². The summed E-state index contributed by atoms with van der Waals surface area (Å²) in [5, 5.41) is 10.6. The van der Waals surface area contributed by atoms with Crippen LogP contribution in [0.2, 0.25) is 0 Å². The minimum Gasteiger partial charge on any atom is -0.497 e. The summed E-state index contributed by atoms with van der Waals surface area (Å²) in [5.41, 5.74) is 2.75. The lowest BCUT2D eigenvalue weighted by atomic mass is 9.93. The Morgan fingerprint density at radius 2 is 1.63 bits per heavy atom. The molecule has 0 bridgehead atoms. The van der Waals surface area contributed by atoms with Gasteiger partial charge < -0.3 is 19.3 Å². The second kappa shape index (κ2) is 15.2. The number of ether oxygens (including phenoxy) is 3. The van der Waals surface area contributed by atoms with Gasteiger partial charge in [0.15, 0.2) is 14.6 Å². The van der Waals surface area contributed by atoms with Gasteiger partial charge in [-0.2, -0.15) is 0 Å². The van der Waals surface area contributed by atoms with Crippen LogP contribution in [0.25, 0.3) is 0 Å². The van der Waals surface area contributed by atoms with Crippen molar-refractivity contribution in [1.29, 1.82) is 0 Å². The fourth-order valence-electron chi connectivity index (χ4n) is 4.72. The van der Waals surface area contributed by atoms with Crippen LogP contribution in [0.3, 0.4) is 0 Å². The van der Waals surface area contributed by atoms with Crippen molar-refractivity contribution in [2.24, 2.45) is 0 Å². The molecule has 1 saturated heterocycles. The van der Waals surface area contributed by atoms with E-state index in [9.17, 15) is 18.3 Å². The quantitative estimate of drug-likeness (QED) is 0.280. The van der Waals surface area contributed by atoms with Gasteiger partial charge >= 0.3 is 5.97 Å². The van der Waals surface area contributed by atoms with E-state index < -0.39 is 20.6 Å². The van der Waals surface area contributed by atoms with Crippen molar-refractivity contribution >= 4 is 15.8 Å². The summed E-state index contributed by atoms with van der Waals surface area (Å²) in [7, 11) is -2.82. The maximum Gasteiger partial charge on any atom is 0.326 e. The van der Waals surface area contributed by atoms with E-state index in [1.54, 1.807) is 30.3 Å². The summed E-state index contributed by atoms with van der Waals surface area (Å²) in [6.07, 6.45) is 5.05. The third-order valence-corrected chi connectivity index (χ3v) is 9.75. The van der Waals surface area contributed by atoms with Gasteiger partial charge in [-0.15, -0.1) is 0 Å². The molecule has 3 rings (SSSR count). The molecule has 0 amide bonds. The number of hydrogen-bond acceptors (Lipinski definition) is 7. The first kappa shape index (κ1) is 32.4. The highest BCUT2D eigenvalue weighted by Gasteiger charge is 2.51. The summed E-state index contributed by atoms with van der Waals surface area (Å²) in [6.45, 7) is 10.5. The summed E-state index contributed by atoms with van der Waals surface area (Å²) >= 11 is 0. The Hall–Kier alpha value is -3.14. The fourth-order valence-corrected chi connectivity index (χ4v) is 6.55. The molecule has 1 aliphatic rings. The van der Waals surface area contributed by atoms with Crippen LogP contribution in [0.4, 0.5) is 0 Å². The lowest BCUT2D eigenvalue weighted by molar-refractivity contribution is -0.140. The highest BCUT2D eigenvalue weighted by Crippen LogP contribution is 2.35. The van der Waals surface area contributed by atoms with Gasteiger partial charge in [-0.3, -0.25) is 9.69 Å². The van der Waals surface area contributed by atoms with Gasteiger partial charge in [0, 0.05) is 26.1 Å². The number of nitrogens with zero attached hydrogens (tertiary/aromatic N) is 1. The first-order valence-corrected chi connectivity index (χ1v) is 15.5. The number of allylic oxidation sites excluding steroid dienone is 4. The van der Waals surface area contributed by atoms with E-state index in [1.165, 1.54) is 36.9 Å². The predicted molar refractivity (Wildman–Crippen MR) is 160 cm³/mol. The Kier molecular flexibility index (Phi) is 12.0. The summed E-state index contributed by atoms with van der Waals surface area (Å²) in [4.78, 5) is 15.2. The number of aliphatic carboxylic acids is 1. The number of morpholine rings is 1. The second-order valence-electron chi connectivity index (χ2n) is 10.7. The molecule has 0 aliphatic carbocycles. The third-order valence-electron chi connectivity index (χ3n) is 7.34. The number of rotatable bonds is 15. The Morgan fingerprint density at radius 3 is 2.22 bits per heavy atom. The smallest absolute Gasteiger partial charge is 0.326 e. The molecule has 1 atom stereocenters. The zero-order valence-corrected chi connectivity index (χ0v) is 25.4. The Morgan fingerprint density at radius 1 is 1.00 bits per heavy atom. The van der Waals surface area contributed by atoms with Crippen LogP contribution < -0.4 is 9.47 Å². The minimum absolute atomic E-state index is 0.0561. The van der Waals surface area contributed by atoms with E-state index in [1.807, 2.05) is 20.8 Å². The molecule has 41 heavy (non-hydrogen) atoms. The number of carboxylic acid groups (broad SMARTS) is 1. The molecule has 1 aliphatic heterocycles. The minimum atomic E-state index is -4.31.